The predicted molar refractivity (Wildman–Crippen MR) is 64.7 cm³/mol. The summed E-state index contributed by atoms with van der Waals surface area (Å²) in [5, 5.41) is 0. The van der Waals surface area contributed by atoms with Crippen LogP contribution in [0.5, 0.6) is 0 Å². The third-order valence-electron chi connectivity index (χ3n) is 2.38. The van der Waals surface area contributed by atoms with Crippen molar-refractivity contribution >= 4 is 17.4 Å². The van der Waals surface area contributed by atoms with Crippen molar-refractivity contribution in [2.24, 2.45) is 0 Å². The van der Waals surface area contributed by atoms with E-state index in [1.807, 2.05) is 31.2 Å². The van der Waals surface area contributed by atoms with Crippen molar-refractivity contribution in [3.05, 3.63) is 35.4 Å². The van der Waals surface area contributed by atoms with Gasteiger partial charge in [-0.1, -0.05) is 30.2 Å². The second-order valence-electron chi connectivity index (χ2n) is 3.79. The van der Waals surface area contributed by atoms with Gasteiger partial charge in [-0.15, -0.1) is 11.6 Å². The number of benzene rings is 1. The number of halogens is 1. The molecule has 1 nitrogen and oxygen atoms in total. The first-order valence-electron chi connectivity index (χ1n) is 5.40. The Morgan fingerprint density at radius 1 is 1.27 bits per heavy atom. The van der Waals surface area contributed by atoms with Crippen molar-refractivity contribution < 1.29 is 4.79 Å². The molecule has 15 heavy (non-hydrogen) atoms. The molecule has 0 bridgehead atoms. The van der Waals surface area contributed by atoms with Gasteiger partial charge >= 0.3 is 0 Å². The number of carbonyl (C=O) groups is 1. The average Bonchev–Trinajstić information content (AvgIpc) is 2.24. The molecule has 1 aromatic rings. The predicted octanol–water partition coefficient (Wildman–Crippen LogP) is 3.98. The van der Waals surface area contributed by atoms with Crippen molar-refractivity contribution in [3.63, 3.8) is 0 Å². The molecule has 0 spiro atoms. The third kappa shape index (κ3) is 4.48. The van der Waals surface area contributed by atoms with E-state index in [0.717, 1.165) is 30.4 Å². The lowest BCUT2D eigenvalue weighted by Crippen LogP contribution is -1.99. The number of rotatable bonds is 6. The summed E-state index contributed by atoms with van der Waals surface area (Å²) in [5.41, 5.74) is 1.97. The van der Waals surface area contributed by atoms with Gasteiger partial charge in [-0.2, -0.15) is 0 Å². The maximum absolute atomic E-state index is 11.7. The fourth-order valence-corrected chi connectivity index (χ4v) is 1.71. The molecular weight excluding hydrogens is 208 g/mol. The Morgan fingerprint density at radius 2 is 2.07 bits per heavy atom. The van der Waals surface area contributed by atoms with Crippen molar-refractivity contribution in [1.82, 2.24) is 0 Å². The Morgan fingerprint density at radius 3 is 2.73 bits per heavy atom. The molecule has 2 heteroatoms. The van der Waals surface area contributed by atoms with E-state index in [1.165, 1.54) is 0 Å². The lowest BCUT2D eigenvalue weighted by molar-refractivity contribution is 0.0979. The number of Topliss-reactive ketones (excluding diaryl/α,β-unsaturated/α-hetero) is 1. The highest BCUT2D eigenvalue weighted by molar-refractivity contribution is 6.17. The van der Waals surface area contributed by atoms with Gasteiger partial charge in [0.25, 0.3) is 0 Å². The Labute approximate surface area is 96.5 Å². The van der Waals surface area contributed by atoms with Crippen molar-refractivity contribution in [2.45, 2.75) is 32.6 Å². The van der Waals surface area contributed by atoms with Crippen LogP contribution in [0.3, 0.4) is 0 Å². The smallest absolute Gasteiger partial charge is 0.162 e. The van der Waals surface area contributed by atoms with Crippen molar-refractivity contribution in [3.8, 4) is 0 Å². The Bertz CT molecular complexity index is 320. The summed E-state index contributed by atoms with van der Waals surface area (Å²) in [7, 11) is 0. The van der Waals surface area contributed by atoms with Crippen LogP contribution in [0.2, 0.25) is 0 Å². The van der Waals surface area contributed by atoms with Crippen LogP contribution < -0.4 is 0 Å². The van der Waals surface area contributed by atoms with Crippen LogP contribution >= 0.6 is 11.6 Å². The molecule has 0 aliphatic rings. The van der Waals surface area contributed by atoms with E-state index in [2.05, 4.69) is 0 Å². The van der Waals surface area contributed by atoms with Gasteiger partial charge in [0.2, 0.25) is 0 Å². The largest absolute Gasteiger partial charge is 0.294 e. The molecular formula is C13H17ClO. The van der Waals surface area contributed by atoms with E-state index in [9.17, 15) is 4.79 Å². The van der Waals surface area contributed by atoms with Crippen LogP contribution in [0.1, 0.15) is 41.6 Å². The maximum atomic E-state index is 11.7. The topological polar surface area (TPSA) is 17.1 Å². The van der Waals surface area contributed by atoms with Crippen LogP contribution in [-0.2, 0) is 0 Å². The SMILES string of the molecule is Cc1cccc(C(=O)CCCCCCl)c1. The standard InChI is InChI=1S/C13H17ClO/c1-11-6-5-7-12(10-11)13(15)8-3-2-4-9-14/h5-7,10H,2-4,8-9H2,1H3. The Balaban J connectivity index is 2.40. The van der Waals surface area contributed by atoms with Gasteiger partial charge in [-0.25, -0.2) is 0 Å². The summed E-state index contributed by atoms with van der Waals surface area (Å²) in [6.45, 7) is 2.00. The summed E-state index contributed by atoms with van der Waals surface area (Å²) in [6.07, 6.45) is 3.63. The first-order valence-corrected chi connectivity index (χ1v) is 5.93. The number of alkyl halides is 1. The number of aryl methyl sites for hydroxylation is 1. The first kappa shape index (κ1) is 12.3. The highest BCUT2D eigenvalue weighted by Gasteiger charge is 2.04. The van der Waals surface area contributed by atoms with E-state index in [-0.39, 0.29) is 5.78 Å². The lowest BCUT2D eigenvalue weighted by atomic mass is 10.0. The van der Waals surface area contributed by atoms with Crippen LogP contribution in [-0.4, -0.2) is 11.7 Å². The molecule has 0 unspecified atom stereocenters. The number of hydrogen-bond acceptors (Lipinski definition) is 1. The van der Waals surface area contributed by atoms with E-state index in [0.29, 0.717) is 12.3 Å². The molecule has 0 aromatic heterocycles. The summed E-state index contributed by atoms with van der Waals surface area (Å²) >= 11 is 5.57. The van der Waals surface area contributed by atoms with Gasteiger partial charge < -0.3 is 0 Å². The van der Waals surface area contributed by atoms with Crippen molar-refractivity contribution in [2.75, 3.05) is 5.88 Å². The van der Waals surface area contributed by atoms with E-state index in [1.54, 1.807) is 0 Å². The van der Waals surface area contributed by atoms with E-state index >= 15 is 0 Å². The quantitative estimate of drug-likeness (QED) is 0.406. The summed E-state index contributed by atoms with van der Waals surface area (Å²) < 4.78 is 0. The minimum absolute atomic E-state index is 0.244. The maximum Gasteiger partial charge on any atom is 0.162 e. The molecule has 0 amide bonds. The highest BCUT2D eigenvalue weighted by atomic mass is 35.5. The highest BCUT2D eigenvalue weighted by Crippen LogP contribution is 2.10. The molecule has 1 aromatic carbocycles. The third-order valence-corrected chi connectivity index (χ3v) is 2.64. The van der Waals surface area contributed by atoms with Crippen LogP contribution in [0.25, 0.3) is 0 Å². The summed E-state index contributed by atoms with van der Waals surface area (Å²) in [6, 6.07) is 7.77. The number of unbranched alkanes of at least 4 members (excludes halogenated alkanes) is 2. The molecule has 1 rings (SSSR count). The molecule has 0 aliphatic carbocycles. The normalized spacial score (nSPS) is 10.3. The van der Waals surface area contributed by atoms with Crippen LogP contribution in [0.4, 0.5) is 0 Å². The summed E-state index contributed by atoms with van der Waals surface area (Å²) in [4.78, 5) is 11.7. The minimum Gasteiger partial charge on any atom is -0.294 e. The molecule has 0 heterocycles. The van der Waals surface area contributed by atoms with Gasteiger partial charge in [-0.05, 0) is 25.8 Å². The number of hydrogen-bond donors (Lipinski definition) is 0. The zero-order chi connectivity index (χ0) is 11.1. The second kappa shape index (κ2) is 6.62. The molecule has 0 aliphatic heterocycles. The van der Waals surface area contributed by atoms with Gasteiger partial charge in [-0.3, -0.25) is 4.79 Å². The van der Waals surface area contributed by atoms with Gasteiger partial charge in [0.1, 0.15) is 0 Å². The molecule has 0 fully saturated rings. The molecule has 0 saturated heterocycles. The second-order valence-corrected chi connectivity index (χ2v) is 4.17. The zero-order valence-electron chi connectivity index (χ0n) is 9.13. The zero-order valence-corrected chi connectivity index (χ0v) is 9.89. The van der Waals surface area contributed by atoms with E-state index < -0.39 is 0 Å². The fourth-order valence-electron chi connectivity index (χ4n) is 1.52. The average molecular weight is 225 g/mol. The Hall–Kier alpha value is -0.820. The monoisotopic (exact) mass is 224 g/mol. The summed E-state index contributed by atoms with van der Waals surface area (Å²) in [5.74, 6) is 0.937. The van der Waals surface area contributed by atoms with Crippen LogP contribution in [0.15, 0.2) is 24.3 Å². The molecule has 0 saturated carbocycles. The minimum atomic E-state index is 0.244. The molecule has 82 valence electrons. The fraction of sp³-hybridized carbons (Fsp3) is 0.462. The van der Waals surface area contributed by atoms with Gasteiger partial charge in [0, 0.05) is 17.9 Å². The van der Waals surface area contributed by atoms with Gasteiger partial charge in [0.05, 0.1) is 0 Å². The van der Waals surface area contributed by atoms with E-state index in [4.69, 9.17) is 11.6 Å². The number of carbonyl (C=O) groups excluding carboxylic acids is 1. The molecule has 0 atom stereocenters. The van der Waals surface area contributed by atoms with Crippen LogP contribution in [0, 0.1) is 6.92 Å². The number of ketones is 1. The van der Waals surface area contributed by atoms with Crippen molar-refractivity contribution in [1.29, 1.82) is 0 Å². The first-order chi connectivity index (χ1) is 7.24. The van der Waals surface area contributed by atoms with Gasteiger partial charge in [0.15, 0.2) is 5.78 Å². The lowest BCUT2D eigenvalue weighted by Gasteiger charge is -2.01. The molecule has 0 N–H and O–H groups in total. The Kier molecular flexibility index (Phi) is 5.41. The molecule has 0 radical (unpaired) electrons.